The van der Waals surface area contributed by atoms with Crippen LogP contribution >= 0.6 is 0 Å². The molecule has 0 saturated heterocycles. The molecule has 1 heteroatoms. The standard InChI is InChI=1S/C15H24O/c1-10-9-16-11(2)13-12(10)14(3,4)7-8-15(13,5)6/h7-8,10-11H,9H2,1-6H3. The molecule has 0 spiro atoms. The van der Waals surface area contributed by atoms with Crippen molar-refractivity contribution in [3.63, 3.8) is 0 Å². The van der Waals surface area contributed by atoms with E-state index < -0.39 is 0 Å². The van der Waals surface area contributed by atoms with E-state index in [9.17, 15) is 0 Å². The van der Waals surface area contributed by atoms with Crippen LogP contribution in [0.1, 0.15) is 41.5 Å². The minimum absolute atomic E-state index is 0.152. The van der Waals surface area contributed by atoms with Gasteiger partial charge in [0.05, 0.1) is 12.7 Å². The molecule has 0 radical (unpaired) electrons. The normalized spacial score (nSPS) is 36.1. The lowest BCUT2D eigenvalue weighted by atomic mass is 9.62. The molecule has 90 valence electrons. The molecule has 1 heterocycles. The van der Waals surface area contributed by atoms with Gasteiger partial charge in [-0.15, -0.1) is 0 Å². The molecule has 1 aliphatic heterocycles. The van der Waals surface area contributed by atoms with E-state index in [0.29, 0.717) is 5.92 Å². The zero-order valence-electron chi connectivity index (χ0n) is 11.4. The molecule has 0 aromatic rings. The molecule has 16 heavy (non-hydrogen) atoms. The van der Waals surface area contributed by atoms with Gasteiger partial charge in [0.2, 0.25) is 0 Å². The maximum absolute atomic E-state index is 5.90. The zero-order chi connectivity index (χ0) is 12.1. The third-order valence-corrected chi connectivity index (χ3v) is 4.09. The first kappa shape index (κ1) is 11.9. The first-order chi connectivity index (χ1) is 7.26. The highest BCUT2D eigenvalue weighted by atomic mass is 16.5. The van der Waals surface area contributed by atoms with Crippen LogP contribution in [0.25, 0.3) is 0 Å². The lowest BCUT2D eigenvalue weighted by molar-refractivity contribution is 0.0379. The maximum Gasteiger partial charge on any atom is 0.0768 e. The van der Waals surface area contributed by atoms with Gasteiger partial charge in [-0.05, 0) is 12.5 Å². The Hall–Kier alpha value is -0.560. The Morgan fingerprint density at radius 3 is 2.00 bits per heavy atom. The fraction of sp³-hybridized carbons (Fsp3) is 0.733. The second-order valence-corrected chi connectivity index (χ2v) is 6.48. The van der Waals surface area contributed by atoms with Crippen molar-refractivity contribution in [2.75, 3.05) is 6.61 Å². The van der Waals surface area contributed by atoms with Crippen molar-refractivity contribution in [1.29, 1.82) is 0 Å². The van der Waals surface area contributed by atoms with Crippen molar-refractivity contribution in [2.45, 2.75) is 47.6 Å². The van der Waals surface area contributed by atoms with Crippen molar-refractivity contribution >= 4 is 0 Å². The van der Waals surface area contributed by atoms with Gasteiger partial charge in [0.15, 0.2) is 0 Å². The molecule has 2 atom stereocenters. The van der Waals surface area contributed by atoms with Crippen molar-refractivity contribution in [2.24, 2.45) is 16.7 Å². The molecule has 0 bridgehead atoms. The highest BCUT2D eigenvalue weighted by molar-refractivity contribution is 5.41. The predicted octanol–water partition coefficient (Wildman–Crippen LogP) is 3.96. The number of allylic oxidation sites excluding steroid dienone is 2. The molecular weight excluding hydrogens is 196 g/mol. The van der Waals surface area contributed by atoms with Crippen LogP contribution in [0.2, 0.25) is 0 Å². The zero-order valence-corrected chi connectivity index (χ0v) is 11.4. The molecule has 2 unspecified atom stereocenters. The average Bonchev–Trinajstić information content (AvgIpc) is 2.16. The van der Waals surface area contributed by atoms with E-state index in [0.717, 1.165) is 6.61 Å². The van der Waals surface area contributed by atoms with Gasteiger partial charge in [-0.3, -0.25) is 0 Å². The number of hydrogen-bond acceptors (Lipinski definition) is 1. The molecule has 1 nitrogen and oxygen atoms in total. The molecule has 0 aromatic carbocycles. The summed E-state index contributed by atoms with van der Waals surface area (Å²) in [5, 5.41) is 0. The Morgan fingerprint density at radius 1 is 1.00 bits per heavy atom. The van der Waals surface area contributed by atoms with Gasteiger partial charge >= 0.3 is 0 Å². The van der Waals surface area contributed by atoms with E-state index in [1.807, 2.05) is 0 Å². The molecule has 2 rings (SSSR count). The maximum atomic E-state index is 5.90. The number of hydrogen-bond donors (Lipinski definition) is 0. The Labute approximate surface area is 99.6 Å². The lowest BCUT2D eigenvalue weighted by Gasteiger charge is -2.46. The van der Waals surface area contributed by atoms with E-state index in [1.165, 1.54) is 5.57 Å². The minimum atomic E-state index is 0.152. The first-order valence-electron chi connectivity index (χ1n) is 6.33. The molecule has 0 saturated carbocycles. The summed E-state index contributed by atoms with van der Waals surface area (Å²) < 4.78 is 5.90. The summed E-state index contributed by atoms with van der Waals surface area (Å²) in [5.41, 5.74) is 3.47. The third-order valence-electron chi connectivity index (χ3n) is 4.09. The topological polar surface area (TPSA) is 9.23 Å². The molecular formula is C15H24O. The van der Waals surface area contributed by atoms with Crippen LogP contribution in [0.15, 0.2) is 23.3 Å². The quantitative estimate of drug-likeness (QED) is 0.561. The van der Waals surface area contributed by atoms with E-state index >= 15 is 0 Å². The largest absolute Gasteiger partial charge is 0.374 e. The van der Waals surface area contributed by atoms with Gasteiger partial charge < -0.3 is 4.74 Å². The minimum Gasteiger partial charge on any atom is -0.374 e. The van der Waals surface area contributed by atoms with Crippen LogP contribution in [0.3, 0.4) is 0 Å². The monoisotopic (exact) mass is 220 g/mol. The van der Waals surface area contributed by atoms with Crippen molar-refractivity contribution < 1.29 is 4.74 Å². The lowest BCUT2D eigenvalue weighted by Crippen LogP contribution is -2.40. The fourth-order valence-electron chi connectivity index (χ4n) is 3.39. The van der Waals surface area contributed by atoms with Gasteiger partial charge in [0.1, 0.15) is 0 Å². The summed E-state index contributed by atoms with van der Waals surface area (Å²) in [5.74, 6) is 0.547. The van der Waals surface area contributed by atoms with Gasteiger partial charge in [0, 0.05) is 16.7 Å². The molecule has 0 aromatic heterocycles. The van der Waals surface area contributed by atoms with Crippen molar-refractivity contribution in [1.82, 2.24) is 0 Å². The molecule has 0 amide bonds. The van der Waals surface area contributed by atoms with E-state index in [1.54, 1.807) is 5.57 Å². The molecule has 0 fully saturated rings. The van der Waals surface area contributed by atoms with Crippen LogP contribution in [0.4, 0.5) is 0 Å². The van der Waals surface area contributed by atoms with Crippen molar-refractivity contribution in [3.05, 3.63) is 23.3 Å². The molecule has 1 aliphatic carbocycles. The first-order valence-corrected chi connectivity index (χ1v) is 6.33. The summed E-state index contributed by atoms with van der Waals surface area (Å²) >= 11 is 0. The second-order valence-electron chi connectivity index (χ2n) is 6.48. The van der Waals surface area contributed by atoms with E-state index in [2.05, 4.69) is 53.7 Å². The fourth-order valence-corrected chi connectivity index (χ4v) is 3.39. The molecule has 0 N–H and O–H groups in total. The molecule has 2 aliphatic rings. The van der Waals surface area contributed by atoms with Gasteiger partial charge in [-0.2, -0.15) is 0 Å². The van der Waals surface area contributed by atoms with Crippen LogP contribution in [-0.4, -0.2) is 12.7 Å². The van der Waals surface area contributed by atoms with E-state index in [-0.39, 0.29) is 16.9 Å². The Kier molecular flexibility index (Phi) is 2.58. The number of rotatable bonds is 0. The summed E-state index contributed by atoms with van der Waals surface area (Å²) in [4.78, 5) is 0. The Morgan fingerprint density at radius 2 is 1.50 bits per heavy atom. The van der Waals surface area contributed by atoms with Gasteiger partial charge in [-0.25, -0.2) is 0 Å². The summed E-state index contributed by atoms with van der Waals surface area (Å²) in [6, 6.07) is 0. The highest BCUT2D eigenvalue weighted by Crippen LogP contribution is 2.50. The van der Waals surface area contributed by atoms with Crippen LogP contribution in [0.5, 0.6) is 0 Å². The summed E-state index contributed by atoms with van der Waals surface area (Å²) in [6.45, 7) is 14.6. The van der Waals surface area contributed by atoms with Crippen molar-refractivity contribution in [3.8, 4) is 0 Å². The smallest absolute Gasteiger partial charge is 0.0768 e. The van der Waals surface area contributed by atoms with Crippen LogP contribution < -0.4 is 0 Å². The third kappa shape index (κ3) is 1.66. The predicted molar refractivity (Wildman–Crippen MR) is 68.3 cm³/mol. The van der Waals surface area contributed by atoms with Gasteiger partial charge in [-0.1, -0.05) is 52.3 Å². The van der Waals surface area contributed by atoms with Gasteiger partial charge in [0.25, 0.3) is 0 Å². The van der Waals surface area contributed by atoms with E-state index in [4.69, 9.17) is 4.74 Å². The highest BCUT2D eigenvalue weighted by Gasteiger charge is 2.41. The summed E-state index contributed by atoms with van der Waals surface area (Å²) in [7, 11) is 0. The SMILES string of the molecule is CC1COC(C)C2=C1C(C)(C)C=CC2(C)C. The number of ether oxygens (including phenoxy) is 1. The Balaban J connectivity index is 2.60. The van der Waals surface area contributed by atoms with Crippen LogP contribution in [-0.2, 0) is 4.74 Å². The average molecular weight is 220 g/mol. The summed E-state index contributed by atoms with van der Waals surface area (Å²) in [6.07, 6.45) is 5.00. The van der Waals surface area contributed by atoms with Crippen LogP contribution in [0, 0.1) is 16.7 Å². The second kappa shape index (κ2) is 3.46. The Bertz CT molecular complexity index is 324.